The molecule has 1 aromatic rings. The second-order valence-electron chi connectivity index (χ2n) is 5.43. The van der Waals surface area contributed by atoms with E-state index < -0.39 is 0 Å². The number of hydrogen-bond donors (Lipinski definition) is 1. The van der Waals surface area contributed by atoms with Crippen molar-refractivity contribution in [2.75, 3.05) is 5.32 Å². The molecule has 1 aromatic carbocycles. The van der Waals surface area contributed by atoms with Crippen molar-refractivity contribution in [3.8, 4) is 0 Å². The van der Waals surface area contributed by atoms with Gasteiger partial charge in [-0.05, 0) is 31.2 Å². The molecule has 2 rings (SSSR count). The topological polar surface area (TPSA) is 55.2 Å². The number of benzene rings is 1. The number of aryl methyl sites for hydroxylation is 1. The smallest absolute Gasteiger partial charge is 0.292 e. The molecule has 19 heavy (non-hydrogen) atoms. The molecule has 0 aromatic heterocycles. The number of rotatable bonds is 4. The van der Waals surface area contributed by atoms with Crippen LogP contribution in [0.3, 0.4) is 0 Å². The summed E-state index contributed by atoms with van der Waals surface area (Å²) in [5.74, 6) is 0.632. The van der Waals surface area contributed by atoms with Crippen LogP contribution >= 0.6 is 0 Å². The second-order valence-corrected chi connectivity index (χ2v) is 5.43. The molecule has 1 aliphatic rings. The standard InChI is InChI=1S/C15H22N2O2/c1-3-12-8-4-5-9-13(12)16-15-11(2)7-6-10-14(15)17(18)19/h6-7,10,12-13,16H,3-5,8-9H2,1-2H3. The maximum absolute atomic E-state index is 11.1. The van der Waals surface area contributed by atoms with Crippen molar-refractivity contribution >= 4 is 11.4 Å². The van der Waals surface area contributed by atoms with Crippen LogP contribution in [-0.4, -0.2) is 11.0 Å². The highest BCUT2D eigenvalue weighted by Gasteiger charge is 2.26. The van der Waals surface area contributed by atoms with Crippen molar-refractivity contribution in [2.24, 2.45) is 5.92 Å². The number of nitrogens with zero attached hydrogens (tertiary/aromatic N) is 1. The maximum atomic E-state index is 11.1. The highest BCUT2D eigenvalue weighted by Crippen LogP contribution is 2.34. The Morgan fingerprint density at radius 3 is 2.79 bits per heavy atom. The molecule has 1 fully saturated rings. The molecule has 1 aliphatic carbocycles. The molecule has 0 spiro atoms. The van der Waals surface area contributed by atoms with Crippen LogP contribution in [0.4, 0.5) is 11.4 Å². The lowest BCUT2D eigenvalue weighted by Crippen LogP contribution is -2.32. The van der Waals surface area contributed by atoms with Gasteiger partial charge in [0.2, 0.25) is 0 Å². The predicted octanol–water partition coefficient (Wildman–Crippen LogP) is 4.28. The molecule has 1 N–H and O–H groups in total. The van der Waals surface area contributed by atoms with E-state index in [2.05, 4.69) is 12.2 Å². The first kappa shape index (κ1) is 13.8. The number of anilines is 1. The van der Waals surface area contributed by atoms with Crippen molar-refractivity contribution in [2.45, 2.75) is 52.0 Å². The van der Waals surface area contributed by atoms with Gasteiger partial charge in [-0.25, -0.2) is 0 Å². The van der Waals surface area contributed by atoms with E-state index in [0.717, 1.165) is 18.4 Å². The number of nitro groups is 1. The lowest BCUT2D eigenvalue weighted by molar-refractivity contribution is -0.384. The lowest BCUT2D eigenvalue weighted by atomic mass is 9.82. The van der Waals surface area contributed by atoms with Crippen LogP contribution in [0.1, 0.15) is 44.6 Å². The summed E-state index contributed by atoms with van der Waals surface area (Å²) >= 11 is 0. The Bertz CT molecular complexity index is 459. The van der Waals surface area contributed by atoms with E-state index in [4.69, 9.17) is 0 Å². The van der Waals surface area contributed by atoms with Gasteiger partial charge in [0.05, 0.1) is 4.92 Å². The zero-order valence-corrected chi connectivity index (χ0v) is 11.7. The normalized spacial score (nSPS) is 23.1. The van der Waals surface area contributed by atoms with E-state index in [1.807, 2.05) is 13.0 Å². The molecule has 0 amide bonds. The van der Waals surface area contributed by atoms with Crippen LogP contribution in [0, 0.1) is 23.0 Å². The molecular formula is C15H22N2O2. The highest BCUT2D eigenvalue weighted by molar-refractivity contribution is 5.66. The van der Waals surface area contributed by atoms with Gasteiger partial charge in [0, 0.05) is 12.1 Å². The van der Waals surface area contributed by atoms with E-state index in [1.54, 1.807) is 12.1 Å². The summed E-state index contributed by atoms with van der Waals surface area (Å²) in [6.07, 6.45) is 5.98. The van der Waals surface area contributed by atoms with Crippen LogP contribution in [0.2, 0.25) is 0 Å². The number of hydrogen-bond acceptors (Lipinski definition) is 3. The zero-order chi connectivity index (χ0) is 13.8. The summed E-state index contributed by atoms with van der Waals surface area (Å²) in [7, 11) is 0. The van der Waals surface area contributed by atoms with Crippen molar-refractivity contribution in [3.05, 3.63) is 33.9 Å². The van der Waals surface area contributed by atoms with E-state index >= 15 is 0 Å². The van der Waals surface area contributed by atoms with Crippen LogP contribution in [0.15, 0.2) is 18.2 Å². The summed E-state index contributed by atoms with van der Waals surface area (Å²) in [5, 5.41) is 14.6. The molecular weight excluding hydrogens is 240 g/mol. The third-order valence-electron chi connectivity index (χ3n) is 4.21. The monoisotopic (exact) mass is 262 g/mol. The average Bonchev–Trinajstić information content (AvgIpc) is 2.41. The quantitative estimate of drug-likeness (QED) is 0.650. The van der Waals surface area contributed by atoms with Gasteiger partial charge in [-0.15, -0.1) is 0 Å². The van der Waals surface area contributed by atoms with Gasteiger partial charge in [-0.1, -0.05) is 38.3 Å². The first-order chi connectivity index (χ1) is 9.13. The molecule has 2 unspecified atom stereocenters. The molecule has 0 saturated heterocycles. The van der Waals surface area contributed by atoms with E-state index in [1.165, 1.54) is 19.3 Å². The highest BCUT2D eigenvalue weighted by atomic mass is 16.6. The average molecular weight is 262 g/mol. The van der Waals surface area contributed by atoms with Crippen molar-refractivity contribution < 1.29 is 4.92 Å². The minimum absolute atomic E-state index is 0.195. The third kappa shape index (κ3) is 3.06. The maximum Gasteiger partial charge on any atom is 0.292 e. The fourth-order valence-corrected chi connectivity index (χ4v) is 3.06. The Kier molecular flexibility index (Phi) is 4.40. The van der Waals surface area contributed by atoms with Crippen LogP contribution in [-0.2, 0) is 0 Å². The molecule has 4 nitrogen and oxygen atoms in total. The number of nitro benzene ring substituents is 1. The minimum Gasteiger partial charge on any atom is -0.376 e. The Hall–Kier alpha value is -1.58. The van der Waals surface area contributed by atoms with Crippen LogP contribution < -0.4 is 5.32 Å². The zero-order valence-electron chi connectivity index (χ0n) is 11.7. The van der Waals surface area contributed by atoms with Gasteiger partial charge < -0.3 is 5.32 Å². The summed E-state index contributed by atoms with van der Waals surface area (Å²) in [4.78, 5) is 10.8. The summed E-state index contributed by atoms with van der Waals surface area (Å²) < 4.78 is 0. The van der Waals surface area contributed by atoms with Gasteiger partial charge in [0.1, 0.15) is 5.69 Å². The fourth-order valence-electron chi connectivity index (χ4n) is 3.06. The molecule has 104 valence electrons. The minimum atomic E-state index is -0.293. The summed E-state index contributed by atoms with van der Waals surface area (Å²) in [5.41, 5.74) is 1.85. The Balaban J connectivity index is 2.24. The lowest BCUT2D eigenvalue weighted by Gasteiger charge is -2.32. The van der Waals surface area contributed by atoms with Gasteiger partial charge in [0.25, 0.3) is 5.69 Å². The largest absolute Gasteiger partial charge is 0.376 e. The van der Waals surface area contributed by atoms with Crippen molar-refractivity contribution in [3.63, 3.8) is 0 Å². The summed E-state index contributed by atoms with van der Waals surface area (Å²) in [6, 6.07) is 5.63. The molecule has 0 radical (unpaired) electrons. The Morgan fingerprint density at radius 1 is 1.37 bits per heavy atom. The molecule has 0 aliphatic heterocycles. The van der Waals surface area contributed by atoms with Crippen LogP contribution in [0.5, 0.6) is 0 Å². The van der Waals surface area contributed by atoms with Gasteiger partial charge in [-0.2, -0.15) is 0 Å². The molecule has 2 atom stereocenters. The SMILES string of the molecule is CCC1CCCCC1Nc1c(C)cccc1[N+](=O)[O-]. The molecule has 0 heterocycles. The Labute approximate surface area is 114 Å². The van der Waals surface area contributed by atoms with Crippen molar-refractivity contribution in [1.82, 2.24) is 0 Å². The molecule has 4 heteroatoms. The summed E-state index contributed by atoms with van der Waals surface area (Å²) in [6.45, 7) is 4.13. The first-order valence-electron chi connectivity index (χ1n) is 7.14. The Morgan fingerprint density at radius 2 is 2.11 bits per heavy atom. The fraction of sp³-hybridized carbons (Fsp3) is 0.600. The third-order valence-corrected chi connectivity index (χ3v) is 4.21. The second kappa shape index (κ2) is 6.04. The molecule has 1 saturated carbocycles. The number of para-hydroxylation sites is 1. The predicted molar refractivity (Wildman–Crippen MR) is 77.5 cm³/mol. The number of nitrogens with one attached hydrogen (secondary N) is 1. The van der Waals surface area contributed by atoms with E-state index in [0.29, 0.717) is 17.6 Å². The van der Waals surface area contributed by atoms with Gasteiger partial charge >= 0.3 is 0 Å². The van der Waals surface area contributed by atoms with Crippen molar-refractivity contribution in [1.29, 1.82) is 0 Å². The van der Waals surface area contributed by atoms with E-state index in [-0.39, 0.29) is 10.6 Å². The van der Waals surface area contributed by atoms with E-state index in [9.17, 15) is 10.1 Å². The first-order valence-corrected chi connectivity index (χ1v) is 7.14. The molecule has 0 bridgehead atoms. The van der Waals surface area contributed by atoms with Crippen LogP contribution in [0.25, 0.3) is 0 Å². The van der Waals surface area contributed by atoms with Gasteiger partial charge in [-0.3, -0.25) is 10.1 Å². The van der Waals surface area contributed by atoms with Gasteiger partial charge in [0.15, 0.2) is 0 Å².